The third kappa shape index (κ3) is 30.2. The summed E-state index contributed by atoms with van der Waals surface area (Å²) in [7, 11) is 0. The standard InChI is InChI=1S/C32H54NO21.13Ac/c1-10-18(37)23(42)21(40)13(48-10)4-6-47-28-17(33)30(50-12-3-5-46-14(7-34)20(12)39)52-16(9-36)27(28)53-32-29(25(44)22(41)15(8-35)51-32)54-31-26(45)24(43)19(38)11(2)49-31;;;;;;;;;;;;;/h3,5,10-45H,4,6-9H2,1-2H3;;;;;;;;;;;;;/q-1;;;;;;;;;;;;;/t10?,11?,12?,13-,14?,15?,16?,17?,18+,19+,20+,21?,22-,23?,24?,25?,26?,27+,28?,29?,30+,31-,32-;;;;;;;;;;;;;/m0............./s1. The van der Waals surface area contributed by atoms with Gasteiger partial charge < -0.3 is 110 Å². The molecule has 35 heteroatoms. The second-order valence-electron chi connectivity index (χ2n) is 14.1. The van der Waals surface area contributed by atoms with Gasteiger partial charge in [-0.15, -0.1) is 0 Å². The molecule has 0 aromatic carbocycles. The zero-order chi connectivity index (χ0) is 39.6. The number of hydrogen-bond acceptors (Lipinski definition) is 21. The van der Waals surface area contributed by atoms with Crippen LogP contribution >= 0.6 is 0 Å². The molecule has 5 heterocycles. The average Bonchev–Trinajstić information content (AvgIpc) is 3.16. The first kappa shape index (κ1) is 103. The van der Waals surface area contributed by atoms with Crippen molar-refractivity contribution in [1.29, 1.82) is 0 Å². The molecule has 23 atom stereocenters. The summed E-state index contributed by atoms with van der Waals surface area (Å²) in [5, 5.41) is 125. The predicted molar refractivity (Wildman–Crippen MR) is 172 cm³/mol. The van der Waals surface area contributed by atoms with E-state index in [2.05, 4.69) is 0 Å². The molecule has 0 amide bonds. The second kappa shape index (κ2) is 54.0. The monoisotopic (exact) mass is 3740 g/mol. The largest absolute Gasteiger partial charge is 0.668 e. The van der Waals surface area contributed by atoms with E-state index in [9.17, 15) is 61.3 Å². The maximum absolute atomic E-state index is 11.1. The minimum atomic E-state index is -1.90. The van der Waals surface area contributed by atoms with E-state index < -0.39 is 161 Å². The molecule has 5 aliphatic heterocycles. The van der Waals surface area contributed by atoms with Crippen LogP contribution in [0.5, 0.6) is 0 Å². The van der Waals surface area contributed by atoms with Gasteiger partial charge in [-0.1, -0.05) is 6.04 Å². The van der Waals surface area contributed by atoms with Crippen molar-refractivity contribution in [3.05, 3.63) is 18.1 Å². The fraction of sp³-hybridized carbons (Fsp3) is 0.938. The molecule has 14 unspecified atom stereocenters. The van der Waals surface area contributed by atoms with E-state index in [1.807, 2.05) is 0 Å². The van der Waals surface area contributed by atoms with Crippen molar-refractivity contribution < 1.29 is 677 Å². The number of rotatable bonds is 13. The van der Waals surface area contributed by atoms with E-state index >= 15 is 0 Å². The first-order valence-electron chi connectivity index (χ1n) is 17.8. The van der Waals surface area contributed by atoms with Crippen LogP contribution in [0.4, 0.5) is 0 Å². The minimum Gasteiger partial charge on any atom is -0.668 e. The van der Waals surface area contributed by atoms with Crippen LogP contribution < -0.4 is 0 Å². The van der Waals surface area contributed by atoms with Crippen molar-refractivity contribution >= 4 is 0 Å². The Kier molecular flexibility index (Phi) is 83.3. The van der Waals surface area contributed by atoms with Gasteiger partial charge in [0.25, 0.3) is 0 Å². The topological polar surface area (TPSA) is 350 Å². The van der Waals surface area contributed by atoms with Crippen LogP contribution in [0, 0.1) is 573 Å². The Labute approximate surface area is 856 Å². The summed E-state index contributed by atoms with van der Waals surface area (Å²) in [6, 6.07) is -1.56. The van der Waals surface area contributed by atoms with Crippen LogP contribution in [0.3, 0.4) is 0 Å². The number of nitrogens with one attached hydrogen (secondary N) is 1. The van der Waals surface area contributed by atoms with Crippen molar-refractivity contribution in [1.82, 2.24) is 0 Å². The van der Waals surface area contributed by atoms with Crippen molar-refractivity contribution in [2.75, 3.05) is 26.4 Å². The van der Waals surface area contributed by atoms with Crippen molar-refractivity contribution in [3.8, 4) is 0 Å². The molecule has 0 saturated carbocycles. The number of aliphatic hydroxyl groups excluding tert-OH is 12. The van der Waals surface area contributed by atoms with Crippen LogP contribution in [0.2, 0.25) is 0 Å². The summed E-state index contributed by atoms with van der Waals surface area (Å²) in [5.41, 5.74) is 9.14. The van der Waals surface area contributed by atoms with Crippen LogP contribution in [-0.2, 0) is 42.6 Å². The van der Waals surface area contributed by atoms with Crippen LogP contribution in [0.25, 0.3) is 5.73 Å². The van der Waals surface area contributed by atoms with E-state index in [0.717, 1.165) is 0 Å². The van der Waals surface area contributed by atoms with Gasteiger partial charge in [0.2, 0.25) is 0 Å². The molecule has 0 bridgehead atoms. The molecule has 0 aromatic heterocycles. The quantitative estimate of drug-likeness (QED) is 0.0816. The zero-order valence-corrected chi connectivity index (χ0v) is 98.7. The Hall–Kier alpha value is 17.4. The second-order valence-corrected chi connectivity index (χ2v) is 14.1. The SMILES string of the molecule is CC1O[C@@H](OC2C(O)[C@@H](O)C(CO)O[C@H]2O[C@@H]2C(CO)O[C@@H](OC3C=COC(CO)[C@@H]3O)C([NH-])C2OCC[C@@H]2OC(C)[C@@H](O)C(O)C2O)C(O)C(O)[C@@H]1O.[Ac].[Ac].[Ac].[Ac].[Ac].[Ac].[Ac].[Ac].[Ac].[Ac].[Ac].[Ac].[Ac]. The summed E-state index contributed by atoms with van der Waals surface area (Å²) in [6.45, 7) is 0.388. The Morgan fingerprint density at radius 2 is 0.896 bits per heavy atom. The van der Waals surface area contributed by atoms with Crippen molar-refractivity contribution in [3.63, 3.8) is 0 Å². The molecule has 0 aliphatic carbocycles. The van der Waals surface area contributed by atoms with Gasteiger partial charge in [0, 0.05) is 579 Å². The van der Waals surface area contributed by atoms with Gasteiger partial charge in [-0.2, -0.15) is 0 Å². The van der Waals surface area contributed by atoms with E-state index in [1.54, 1.807) is 0 Å². The van der Waals surface area contributed by atoms with E-state index in [4.69, 9.17) is 48.4 Å². The smallest absolute Gasteiger partial charge is 0.187 e. The molecular formula is C32H54Ac13NO21-. The van der Waals surface area contributed by atoms with Gasteiger partial charge in [0.15, 0.2) is 12.6 Å². The third-order valence-electron chi connectivity index (χ3n) is 10.4. The number of aliphatic hydroxyl groups is 12. The molecule has 67 heavy (non-hydrogen) atoms. The summed E-state index contributed by atoms with van der Waals surface area (Å²) < 4.78 is 52.1. The molecule has 5 aliphatic rings. The molecule has 13 N–H and O–H groups in total. The maximum Gasteiger partial charge on any atom is 0.187 e. The molecule has 22 nitrogen and oxygen atoms in total. The Balaban J connectivity index is -0.000000370. The van der Waals surface area contributed by atoms with Gasteiger partial charge in [-0.3, -0.25) is 0 Å². The summed E-state index contributed by atoms with van der Waals surface area (Å²) in [4.78, 5) is 0. The number of ether oxygens (including phenoxy) is 9. The van der Waals surface area contributed by atoms with E-state index in [0.29, 0.717) is 0 Å². The van der Waals surface area contributed by atoms with Crippen molar-refractivity contribution in [2.45, 2.75) is 161 Å². The van der Waals surface area contributed by atoms with Gasteiger partial charge in [0.1, 0.15) is 97.8 Å². The van der Waals surface area contributed by atoms with Gasteiger partial charge in [0.05, 0.1) is 50.5 Å². The average molecular weight is 3740 g/mol. The van der Waals surface area contributed by atoms with Gasteiger partial charge in [-0.05, 0) is 26.3 Å². The molecular weight excluding hydrogens is 3690 g/mol. The predicted octanol–water partition coefficient (Wildman–Crippen LogP) is -6.54. The van der Waals surface area contributed by atoms with Crippen molar-refractivity contribution in [2.24, 2.45) is 0 Å². The van der Waals surface area contributed by atoms with Crippen LogP contribution in [-0.4, -0.2) is 229 Å². The normalized spacial score (nSPS) is 41.5. The fourth-order valence-corrected chi connectivity index (χ4v) is 7.04. The summed E-state index contributed by atoms with van der Waals surface area (Å²) >= 11 is 0. The number of hydrogen-bond donors (Lipinski definition) is 12. The van der Waals surface area contributed by atoms with Gasteiger partial charge in [-0.25, -0.2) is 0 Å². The molecule has 353 valence electrons. The molecule has 4 saturated heterocycles. The Bertz CT molecular complexity index is 1240. The molecule has 0 aromatic rings. The molecule has 4 fully saturated rings. The minimum absolute atomic E-state index is 0. The van der Waals surface area contributed by atoms with E-state index in [1.165, 1.54) is 26.2 Å². The molecule has 0 spiro atoms. The van der Waals surface area contributed by atoms with E-state index in [-0.39, 0.29) is 586 Å². The first-order valence-corrected chi connectivity index (χ1v) is 17.8. The zero-order valence-electron chi connectivity index (χ0n) is 37.0. The molecule has 13 radical (unpaired) electrons. The third-order valence-corrected chi connectivity index (χ3v) is 10.4. The Morgan fingerprint density at radius 3 is 1.42 bits per heavy atom. The van der Waals surface area contributed by atoms with Gasteiger partial charge >= 0.3 is 0 Å². The van der Waals surface area contributed by atoms with Crippen LogP contribution in [0.15, 0.2) is 12.3 Å². The fourth-order valence-electron chi connectivity index (χ4n) is 7.04. The molecule has 5 rings (SSSR count). The first-order chi connectivity index (χ1) is 25.6. The maximum atomic E-state index is 11.1. The van der Waals surface area contributed by atoms with Crippen LogP contribution in [0.1, 0.15) is 20.3 Å². The Morgan fingerprint density at radius 1 is 0.433 bits per heavy atom. The summed E-state index contributed by atoms with van der Waals surface area (Å²) in [6.07, 6.45) is -30.0. The summed E-state index contributed by atoms with van der Waals surface area (Å²) in [5.74, 6) is 0.